The number of hydrogen-bond donors (Lipinski definition) is 0. The summed E-state index contributed by atoms with van der Waals surface area (Å²) in [6.45, 7) is 7.86. The molecule has 2 heteroatoms. The van der Waals surface area contributed by atoms with Gasteiger partial charge in [0.05, 0.1) is 0 Å². The molecule has 3 rings (SSSR count). The lowest BCUT2D eigenvalue weighted by Gasteiger charge is -2.21. The van der Waals surface area contributed by atoms with Crippen molar-refractivity contribution < 1.29 is 0 Å². The topological polar surface area (TPSA) is 0 Å². The molecule has 0 saturated carbocycles. The summed E-state index contributed by atoms with van der Waals surface area (Å²) in [5.41, 5.74) is 2.44. The van der Waals surface area contributed by atoms with Gasteiger partial charge in [-0.25, -0.2) is 0 Å². The lowest BCUT2D eigenvalue weighted by Crippen LogP contribution is -2.09. The van der Waals surface area contributed by atoms with Crippen molar-refractivity contribution in [3.63, 3.8) is 0 Å². The molecule has 2 aliphatic carbocycles. The lowest BCUT2D eigenvalue weighted by atomic mass is 9.84. The molecule has 2 aliphatic rings. The molecular weight excluding hydrogens is 328 g/mol. The highest BCUT2D eigenvalue weighted by Crippen LogP contribution is 2.33. The molecule has 2 unspecified atom stereocenters. The monoisotopic (exact) mass is 348 g/mol. The fourth-order valence-electron chi connectivity index (χ4n) is 2.75. The maximum absolute atomic E-state index is 4.11. The predicted octanol–water partition coefficient (Wildman–Crippen LogP) is 6.93. The van der Waals surface area contributed by atoms with Gasteiger partial charge in [-0.3, -0.25) is 0 Å². The fourth-order valence-corrected chi connectivity index (χ4v) is 3.96. The molecule has 0 amide bonds. The van der Waals surface area contributed by atoms with Crippen molar-refractivity contribution in [3.05, 3.63) is 112 Å². The van der Waals surface area contributed by atoms with Crippen LogP contribution in [-0.2, 0) is 0 Å². The van der Waals surface area contributed by atoms with Crippen LogP contribution in [0.4, 0.5) is 0 Å². The number of hydrogen-bond acceptors (Lipinski definition) is 2. The second-order valence-electron chi connectivity index (χ2n) is 5.57. The highest BCUT2D eigenvalue weighted by Gasteiger charge is 2.17. The van der Waals surface area contributed by atoms with Crippen LogP contribution in [0.5, 0.6) is 0 Å². The van der Waals surface area contributed by atoms with Crippen LogP contribution in [0, 0.1) is 11.8 Å². The van der Waals surface area contributed by atoms with E-state index in [1.54, 1.807) is 23.1 Å². The van der Waals surface area contributed by atoms with Crippen LogP contribution in [0.2, 0.25) is 0 Å². The molecule has 24 heavy (non-hydrogen) atoms. The molecule has 0 nitrogen and oxygen atoms in total. The lowest BCUT2D eigenvalue weighted by molar-refractivity contribution is 0.670. The summed E-state index contributed by atoms with van der Waals surface area (Å²) in [6.07, 6.45) is 22.0. The van der Waals surface area contributed by atoms with Gasteiger partial charge in [-0.05, 0) is 28.0 Å². The molecule has 1 aromatic heterocycles. The van der Waals surface area contributed by atoms with E-state index >= 15 is 0 Å². The van der Waals surface area contributed by atoms with Crippen molar-refractivity contribution >= 4 is 28.7 Å². The molecule has 1 heterocycles. The Balaban J connectivity index is 1.84. The van der Waals surface area contributed by atoms with Crippen molar-refractivity contribution in [2.75, 3.05) is 0 Å². The van der Waals surface area contributed by atoms with E-state index in [0.717, 1.165) is 10.5 Å². The summed E-state index contributed by atoms with van der Waals surface area (Å²) in [4.78, 5) is 2.34. The van der Waals surface area contributed by atoms with Gasteiger partial charge in [0.2, 0.25) is 0 Å². The molecule has 0 aromatic carbocycles. The van der Waals surface area contributed by atoms with Crippen molar-refractivity contribution in [3.8, 4) is 0 Å². The van der Waals surface area contributed by atoms with Crippen molar-refractivity contribution in [1.82, 2.24) is 0 Å². The van der Waals surface area contributed by atoms with Gasteiger partial charge < -0.3 is 0 Å². The zero-order chi connectivity index (χ0) is 16.8. The Labute approximate surface area is 152 Å². The minimum Gasteiger partial charge on any atom is -0.144 e. The molecule has 2 atom stereocenters. The second kappa shape index (κ2) is 8.18. The molecule has 0 saturated heterocycles. The van der Waals surface area contributed by atoms with Gasteiger partial charge in [-0.15, -0.1) is 11.3 Å². The molecule has 120 valence electrons. The highest BCUT2D eigenvalue weighted by molar-refractivity contribution is 8.06. The summed E-state index contributed by atoms with van der Waals surface area (Å²) in [6, 6.07) is 4.28. The fraction of sp³-hybridized carbons (Fsp3) is 0.0909. The van der Waals surface area contributed by atoms with Gasteiger partial charge in [0.1, 0.15) is 0 Å². The molecule has 1 aromatic rings. The third kappa shape index (κ3) is 4.08. The van der Waals surface area contributed by atoms with E-state index in [0.29, 0.717) is 11.8 Å². The van der Waals surface area contributed by atoms with Crippen LogP contribution >= 0.6 is 23.1 Å². The Morgan fingerprint density at radius 2 is 1.96 bits per heavy atom. The number of thiophene rings is 1. The maximum Gasteiger partial charge on any atom is 0.0339 e. The highest BCUT2D eigenvalue weighted by atomic mass is 32.2. The standard InChI is InChI=1S/C22H20S2/c1-3-23-17(2)18-8-4-5-9-20-16-21(22-12-7-15-24-22)14-13-19(20)11-6-10-18/h3-16,19-20H,1-2H2/b8-4-,9-5+,11-6+,18-10+. The van der Waals surface area contributed by atoms with E-state index in [-0.39, 0.29) is 0 Å². The second-order valence-corrected chi connectivity index (χ2v) is 7.58. The number of fused-ring (bicyclic) bond motifs is 1. The van der Waals surface area contributed by atoms with E-state index < -0.39 is 0 Å². The van der Waals surface area contributed by atoms with Gasteiger partial charge in [0.25, 0.3) is 0 Å². The number of thioether (sulfide) groups is 1. The first-order valence-electron chi connectivity index (χ1n) is 7.92. The largest absolute Gasteiger partial charge is 0.144 e. The van der Waals surface area contributed by atoms with Crippen LogP contribution in [-0.4, -0.2) is 0 Å². The minimum atomic E-state index is 0.383. The molecule has 0 spiro atoms. The number of allylic oxidation sites excluding steroid dienone is 12. The van der Waals surface area contributed by atoms with Gasteiger partial charge in [0.15, 0.2) is 0 Å². The number of rotatable bonds is 4. The SMILES string of the molecule is C=CSC(=C)C1=C/C=C/C2C=CC(c3cccs3)=CC2/C=C/C=C\1. The van der Waals surface area contributed by atoms with Gasteiger partial charge in [-0.1, -0.05) is 91.7 Å². The third-order valence-electron chi connectivity index (χ3n) is 4.00. The average Bonchev–Trinajstić information content (AvgIpc) is 3.13. The quantitative estimate of drug-likeness (QED) is 0.568. The zero-order valence-corrected chi connectivity index (χ0v) is 15.1. The van der Waals surface area contributed by atoms with E-state index in [1.807, 2.05) is 5.41 Å². The van der Waals surface area contributed by atoms with Gasteiger partial charge in [-0.2, -0.15) is 0 Å². The van der Waals surface area contributed by atoms with Crippen molar-refractivity contribution in [1.29, 1.82) is 0 Å². The normalized spacial score (nSPS) is 28.7. The van der Waals surface area contributed by atoms with Gasteiger partial charge >= 0.3 is 0 Å². The Hall–Kier alpha value is -2.03. The summed E-state index contributed by atoms with van der Waals surface area (Å²) < 4.78 is 0. The molecule has 0 radical (unpaired) electrons. The Morgan fingerprint density at radius 1 is 1.08 bits per heavy atom. The van der Waals surface area contributed by atoms with Crippen LogP contribution in [0.1, 0.15) is 4.88 Å². The molecule has 0 fully saturated rings. The van der Waals surface area contributed by atoms with E-state index in [9.17, 15) is 0 Å². The Morgan fingerprint density at radius 3 is 2.75 bits per heavy atom. The van der Waals surface area contributed by atoms with E-state index in [2.05, 4.69) is 91.4 Å². The van der Waals surface area contributed by atoms with E-state index in [4.69, 9.17) is 0 Å². The third-order valence-corrected chi connectivity index (χ3v) is 5.60. The van der Waals surface area contributed by atoms with Gasteiger partial charge in [0, 0.05) is 21.6 Å². The van der Waals surface area contributed by atoms with Crippen LogP contribution in [0.15, 0.2) is 107 Å². The van der Waals surface area contributed by atoms with Crippen LogP contribution in [0.3, 0.4) is 0 Å². The minimum absolute atomic E-state index is 0.383. The predicted molar refractivity (Wildman–Crippen MR) is 111 cm³/mol. The van der Waals surface area contributed by atoms with Crippen LogP contribution in [0.25, 0.3) is 5.57 Å². The summed E-state index contributed by atoms with van der Waals surface area (Å²) in [5.74, 6) is 0.767. The molecule has 0 N–H and O–H groups in total. The zero-order valence-electron chi connectivity index (χ0n) is 13.5. The summed E-state index contributed by atoms with van der Waals surface area (Å²) >= 11 is 3.35. The first kappa shape index (κ1) is 16.8. The first-order valence-corrected chi connectivity index (χ1v) is 9.68. The first-order chi connectivity index (χ1) is 11.8. The average molecular weight is 349 g/mol. The maximum atomic E-state index is 4.11. The molecule has 0 aliphatic heterocycles. The van der Waals surface area contributed by atoms with Crippen LogP contribution < -0.4 is 0 Å². The summed E-state index contributed by atoms with van der Waals surface area (Å²) in [7, 11) is 0. The molecular formula is C22H20S2. The van der Waals surface area contributed by atoms with Crippen molar-refractivity contribution in [2.24, 2.45) is 11.8 Å². The van der Waals surface area contributed by atoms with Crippen molar-refractivity contribution in [2.45, 2.75) is 0 Å². The molecule has 0 bridgehead atoms. The Bertz CT molecular complexity index is 780. The Kier molecular flexibility index (Phi) is 5.73. The van der Waals surface area contributed by atoms with E-state index in [1.165, 1.54) is 10.5 Å². The smallest absolute Gasteiger partial charge is 0.0339 e. The summed E-state index contributed by atoms with van der Waals surface area (Å²) in [5, 5.41) is 3.94.